The molecule has 2 heterocycles. The number of rotatable bonds is 1. The summed E-state index contributed by atoms with van der Waals surface area (Å²) in [6.45, 7) is 6.51. The van der Waals surface area contributed by atoms with E-state index in [0.29, 0.717) is 0 Å². The fourth-order valence-corrected chi connectivity index (χ4v) is 2.54. The number of piperazine rings is 1. The van der Waals surface area contributed by atoms with Gasteiger partial charge in [-0.2, -0.15) is 0 Å². The highest BCUT2D eigenvalue weighted by atomic mass is 35.5. The fraction of sp³-hybridized carbons (Fsp3) is 0.600. The molecule has 98 valence electrons. The smallest absolute Gasteiger partial charge is 0.266 e. The number of hydrogen-bond donors (Lipinski definition) is 1. The first-order valence-corrected chi connectivity index (χ1v) is 6.00. The van der Waals surface area contributed by atoms with Gasteiger partial charge in [-0.25, -0.2) is 4.98 Å². The Labute approximate surface area is 118 Å². The highest BCUT2D eigenvalue weighted by Gasteiger charge is 2.25. The summed E-state index contributed by atoms with van der Waals surface area (Å²) in [6, 6.07) is 0.271. The maximum Gasteiger partial charge on any atom is 0.266 e. The monoisotopic (exact) mass is 297 g/mol. The van der Waals surface area contributed by atoms with Crippen molar-refractivity contribution in [1.82, 2.24) is 15.2 Å². The van der Waals surface area contributed by atoms with Crippen LogP contribution in [-0.2, 0) is 0 Å². The minimum absolute atomic E-state index is 0. The lowest BCUT2D eigenvalue weighted by Crippen LogP contribution is -2.52. The Hall–Kier alpha value is -0.360. The first-order valence-electron chi connectivity index (χ1n) is 5.12. The average Bonchev–Trinajstić information content (AvgIpc) is 2.64. The molecule has 1 atom stereocenters. The Morgan fingerprint density at radius 2 is 2.29 bits per heavy atom. The van der Waals surface area contributed by atoms with Gasteiger partial charge in [-0.15, -0.1) is 36.2 Å². The van der Waals surface area contributed by atoms with Crippen LogP contribution in [0.15, 0.2) is 5.51 Å². The van der Waals surface area contributed by atoms with Crippen LogP contribution in [0, 0.1) is 6.92 Å². The van der Waals surface area contributed by atoms with Crippen LogP contribution in [-0.4, -0.2) is 41.5 Å². The van der Waals surface area contributed by atoms with Gasteiger partial charge < -0.3 is 10.2 Å². The predicted molar refractivity (Wildman–Crippen MR) is 74.7 cm³/mol. The summed E-state index contributed by atoms with van der Waals surface area (Å²) in [5.41, 5.74) is 2.57. The number of aryl methyl sites for hydroxylation is 1. The molecule has 0 unspecified atom stereocenters. The van der Waals surface area contributed by atoms with Gasteiger partial charge in [0.15, 0.2) is 0 Å². The van der Waals surface area contributed by atoms with Gasteiger partial charge >= 0.3 is 0 Å². The molecule has 1 N–H and O–H groups in total. The SMILES string of the molecule is Cc1ncsc1C(=O)N1CCNC[C@H]1C.Cl.Cl. The van der Waals surface area contributed by atoms with Crippen molar-refractivity contribution in [2.45, 2.75) is 19.9 Å². The number of hydrogen-bond acceptors (Lipinski definition) is 4. The Bertz CT molecular complexity index is 372. The second-order valence-corrected chi connectivity index (χ2v) is 4.67. The van der Waals surface area contributed by atoms with E-state index in [2.05, 4.69) is 17.2 Å². The zero-order valence-electron chi connectivity index (χ0n) is 9.80. The van der Waals surface area contributed by atoms with Gasteiger partial charge in [0.05, 0.1) is 11.2 Å². The molecule has 1 saturated heterocycles. The van der Waals surface area contributed by atoms with E-state index >= 15 is 0 Å². The van der Waals surface area contributed by atoms with Crippen LogP contribution in [0.2, 0.25) is 0 Å². The van der Waals surface area contributed by atoms with Gasteiger partial charge in [-0.1, -0.05) is 0 Å². The Morgan fingerprint density at radius 1 is 1.59 bits per heavy atom. The zero-order chi connectivity index (χ0) is 10.8. The largest absolute Gasteiger partial charge is 0.333 e. The number of halogens is 2. The van der Waals surface area contributed by atoms with Crippen LogP contribution in [0.4, 0.5) is 0 Å². The van der Waals surface area contributed by atoms with Crippen molar-refractivity contribution in [2.75, 3.05) is 19.6 Å². The summed E-state index contributed by atoms with van der Waals surface area (Å²) in [6.07, 6.45) is 0. The first kappa shape index (κ1) is 16.6. The normalized spacial score (nSPS) is 19.2. The zero-order valence-corrected chi connectivity index (χ0v) is 12.3. The highest BCUT2D eigenvalue weighted by Crippen LogP contribution is 2.17. The maximum absolute atomic E-state index is 12.2. The van der Waals surface area contributed by atoms with Crippen LogP contribution in [0.1, 0.15) is 22.3 Å². The molecule has 0 bridgehead atoms. The lowest BCUT2D eigenvalue weighted by molar-refractivity contribution is 0.0660. The lowest BCUT2D eigenvalue weighted by Gasteiger charge is -2.33. The Morgan fingerprint density at radius 3 is 2.82 bits per heavy atom. The topological polar surface area (TPSA) is 45.2 Å². The number of carbonyl (C=O) groups is 1. The van der Waals surface area contributed by atoms with Gasteiger partial charge in [0.2, 0.25) is 0 Å². The summed E-state index contributed by atoms with van der Waals surface area (Å²) in [5.74, 6) is 0.129. The van der Waals surface area contributed by atoms with E-state index in [9.17, 15) is 4.79 Å². The number of thiazole rings is 1. The van der Waals surface area contributed by atoms with Crippen molar-refractivity contribution in [3.63, 3.8) is 0 Å². The summed E-state index contributed by atoms with van der Waals surface area (Å²) >= 11 is 1.43. The third-order valence-electron chi connectivity index (χ3n) is 2.70. The molecule has 4 nitrogen and oxygen atoms in total. The summed E-state index contributed by atoms with van der Waals surface area (Å²) in [5, 5.41) is 3.27. The van der Waals surface area contributed by atoms with Gasteiger partial charge in [-0.05, 0) is 13.8 Å². The maximum atomic E-state index is 12.2. The van der Waals surface area contributed by atoms with Gasteiger partial charge in [0, 0.05) is 25.7 Å². The van der Waals surface area contributed by atoms with Gasteiger partial charge in [0.1, 0.15) is 4.88 Å². The molecular formula is C10H17Cl2N3OS. The van der Waals surface area contributed by atoms with Crippen LogP contribution >= 0.6 is 36.2 Å². The third kappa shape index (κ3) is 3.55. The van der Waals surface area contributed by atoms with E-state index in [1.165, 1.54) is 11.3 Å². The molecule has 1 aliphatic rings. The fourth-order valence-electron chi connectivity index (χ4n) is 1.78. The number of carbonyl (C=O) groups excluding carboxylic acids is 1. The Kier molecular flexibility index (Phi) is 7.01. The molecule has 7 heteroatoms. The van der Waals surface area contributed by atoms with Crippen molar-refractivity contribution in [3.05, 3.63) is 16.1 Å². The number of nitrogens with zero attached hydrogens (tertiary/aromatic N) is 2. The number of aromatic nitrogens is 1. The highest BCUT2D eigenvalue weighted by molar-refractivity contribution is 7.11. The summed E-state index contributed by atoms with van der Waals surface area (Å²) in [4.78, 5) is 19.0. The molecule has 0 radical (unpaired) electrons. The van der Waals surface area contributed by atoms with Crippen molar-refractivity contribution in [1.29, 1.82) is 0 Å². The van der Waals surface area contributed by atoms with Crippen LogP contribution < -0.4 is 5.32 Å². The van der Waals surface area contributed by atoms with Crippen molar-refractivity contribution >= 4 is 42.1 Å². The molecule has 1 aromatic heterocycles. The van der Waals surface area contributed by atoms with E-state index < -0.39 is 0 Å². The minimum Gasteiger partial charge on any atom is -0.333 e. The standard InChI is InChI=1S/C10H15N3OS.2ClH/c1-7-5-11-3-4-13(7)10(14)9-8(2)12-6-15-9;;/h6-7,11H,3-5H2,1-2H3;2*1H/t7-;;/m1../s1. The molecule has 0 aromatic carbocycles. The lowest BCUT2D eigenvalue weighted by atomic mass is 10.2. The number of nitrogens with one attached hydrogen (secondary N) is 1. The van der Waals surface area contributed by atoms with E-state index in [1.807, 2.05) is 11.8 Å². The molecule has 0 aliphatic carbocycles. The summed E-state index contributed by atoms with van der Waals surface area (Å²) < 4.78 is 0. The van der Waals surface area contributed by atoms with Crippen LogP contribution in [0.5, 0.6) is 0 Å². The second kappa shape index (κ2) is 7.16. The van der Waals surface area contributed by atoms with E-state index in [-0.39, 0.29) is 36.8 Å². The molecule has 1 aromatic rings. The van der Waals surface area contributed by atoms with Crippen molar-refractivity contribution in [3.8, 4) is 0 Å². The molecule has 2 rings (SSSR count). The first-order chi connectivity index (χ1) is 7.20. The van der Waals surface area contributed by atoms with E-state index in [4.69, 9.17) is 0 Å². The third-order valence-corrected chi connectivity index (χ3v) is 3.62. The second-order valence-electron chi connectivity index (χ2n) is 3.82. The van der Waals surface area contributed by atoms with E-state index in [0.717, 1.165) is 30.2 Å². The molecule has 0 spiro atoms. The van der Waals surface area contributed by atoms with Crippen LogP contribution in [0.3, 0.4) is 0 Å². The predicted octanol–water partition coefficient (Wildman–Crippen LogP) is 1.73. The average molecular weight is 298 g/mol. The van der Waals surface area contributed by atoms with Gasteiger partial charge in [-0.3, -0.25) is 4.79 Å². The molecule has 0 saturated carbocycles. The molecular weight excluding hydrogens is 281 g/mol. The Balaban J connectivity index is 0.00000128. The van der Waals surface area contributed by atoms with Gasteiger partial charge in [0.25, 0.3) is 5.91 Å². The van der Waals surface area contributed by atoms with Crippen LogP contribution in [0.25, 0.3) is 0 Å². The molecule has 17 heavy (non-hydrogen) atoms. The quantitative estimate of drug-likeness (QED) is 0.859. The van der Waals surface area contributed by atoms with E-state index in [1.54, 1.807) is 5.51 Å². The van der Waals surface area contributed by atoms with Crippen molar-refractivity contribution < 1.29 is 4.79 Å². The van der Waals surface area contributed by atoms with Crippen molar-refractivity contribution in [2.24, 2.45) is 0 Å². The molecule has 1 aliphatic heterocycles. The summed E-state index contributed by atoms with van der Waals surface area (Å²) in [7, 11) is 0. The number of amides is 1. The minimum atomic E-state index is 0. The molecule has 1 fully saturated rings. The molecule has 1 amide bonds.